The lowest BCUT2D eigenvalue weighted by Crippen LogP contribution is -2.23. The van der Waals surface area contributed by atoms with E-state index >= 15 is 0 Å². The molecule has 0 aromatic heterocycles. The Bertz CT molecular complexity index is 596. The molecular weight excluding hydrogens is 286 g/mol. The van der Waals surface area contributed by atoms with Crippen LogP contribution in [-0.4, -0.2) is 12.5 Å². The molecule has 1 N–H and O–H groups in total. The van der Waals surface area contributed by atoms with Crippen LogP contribution in [0.2, 0.25) is 0 Å². The third-order valence-electron chi connectivity index (χ3n) is 3.57. The molecule has 122 valence electrons. The topological polar surface area (TPSA) is 38.3 Å². The van der Waals surface area contributed by atoms with Crippen molar-refractivity contribution in [1.82, 2.24) is 5.32 Å². The molecule has 0 heterocycles. The van der Waals surface area contributed by atoms with Gasteiger partial charge in [0.15, 0.2) is 0 Å². The Morgan fingerprint density at radius 1 is 1.00 bits per heavy atom. The zero-order valence-electron chi connectivity index (χ0n) is 13.8. The van der Waals surface area contributed by atoms with Crippen molar-refractivity contribution in [2.45, 2.75) is 39.0 Å². The summed E-state index contributed by atoms with van der Waals surface area (Å²) in [6, 6.07) is 18.0. The van der Waals surface area contributed by atoms with Crippen LogP contribution < -0.4 is 10.1 Å². The molecule has 0 bridgehead atoms. The van der Waals surface area contributed by atoms with Gasteiger partial charge < -0.3 is 10.1 Å². The molecular formula is C20H25NO2. The second-order valence-corrected chi connectivity index (χ2v) is 5.62. The third-order valence-corrected chi connectivity index (χ3v) is 3.57. The summed E-state index contributed by atoms with van der Waals surface area (Å²) >= 11 is 0. The predicted octanol–water partition coefficient (Wildman–Crippen LogP) is 4.72. The first kappa shape index (κ1) is 17.1. The first-order valence-corrected chi connectivity index (χ1v) is 8.36. The Labute approximate surface area is 138 Å². The normalized spacial score (nSPS) is 10.3. The Hall–Kier alpha value is -2.29. The highest BCUT2D eigenvalue weighted by atomic mass is 16.5. The Balaban J connectivity index is 1.74. The number of carbonyl (C=O) groups is 1. The highest BCUT2D eigenvalue weighted by Gasteiger charge is 2.01. The molecule has 2 rings (SSSR count). The van der Waals surface area contributed by atoms with Crippen molar-refractivity contribution in [1.29, 1.82) is 0 Å². The minimum atomic E-state index is 0.158. The quantitative estimate of drug-likeness (QED) is 0.681. The fourth-order valence-electron chi connectivity index (χ4n) is 2.39. The number of ether oxygens (including phenoxy) is 1. The van der Waals surface area contributed by atoms with Crippen LogP contribution in [0.3, 0.4) is 0 Å². The van der Waals surface area contributed by atoms with Crippen molar-refractivity contribution in [2.24, 2.45) is 0 Å². The van der Waals surface area contributed by atoms with E-state index in [0.29, 0.717) is 6.42 Å². The van der Waals surface area contributed by atoms with E-state index in [1.807, 2.05) is 49.4 Å². The number of para-hydroxylation sites is 1. The molecule has 0 atom stereocenters. The summed E-state index contributed by atoms with van der Waals surface area (Å²) in [5.74, 6) is 1.87. The van der Waals surface area contributed by atoms with E-state index in [9.17, 15) is 4.79 Å². The van der Waals surface area contributed by atoms with Crippen molar-refractivity contribution < 1.29 is 9.53 Å². The second kappa shape index (κ2) is 9.67. The number of amides is 1. The molecule has 0 aliphatic heterocycles. The van der Waals surface area contributed by atoms with Gasteiger partial charge in [0, 0.05) is 13.0 Å². The Morgan fingerprint density at radius 2 is 1.78 bits per heavy atom. The van der Waals surface area contributed by atoms with Gasteiger partial charge in [-0.15, -0.1) is 0 Å². The molecule has 0 saturated carbocycles. The van der Waals surface area contributed by atoms with Gasteiger partial charge in [0.1, 0.15) is 11.5 Å². The van der Waals surface area contributed by atoms with E-state index < -0.39 is 0 Å². The summed E-state index contributed by atoms with van der Waals surface area (Å²) in [4.78, 5) is 11.4. The maximum absolute atomic E-state index is 11.4. The minimum Gasteiger partial charge on any atom is -0.457 e. The molecule has 0 unspecified atom stereocenters. The van der Waals surface area contributed by atoms with Crippen molar-refractivity contribution in [3.05, 3.63) is 60.2 Å². The van der Waals surface area contributed by atoms with Gasteiger partial charge >= 0.3 is 0 Å². The first-order chi connectivity index (χ1) is 11.3. The average molecular weight is 311 g/mol. The summed E-state index contributed by atoms with van der Waals surface area (Å²) in [5.41, 5.74) is 1.26. The zero-order chi connectivity index (χ0) is 16.3. The van der Waals surface area contributed by atoms with Gasteiger partial charge in [-0.1, -0.05) is 37.3 Å². The molecule has 3 heteroatoms. The summed E-state index contributed by atoms with van der Waals surface area (Å²) < 4.78 is 5.85. The van der Waals surface area contributed by atoms with E-state index in [4.69, 9.17) is 4.74 Å². The summed E-state index contributed by atoms with van der Waals surface area (Å²) in [6.45, 7) is 2.78. The average Bonchev–Trinajstić information content (AvgIpc) is 2.56. The molecule has 0 aliphatic carbocycles. The minimum absolute atomic E-state index is 0.158. The SMILES string of the molecule is CCCC(=O)NCCCCc1cccc(Oc2ccccc2)c1. The largest absolute Gasteiger partial charge is 0.457 e. The number of benzene rings is 2. The lowest BCUT2D eigenvalue weighted by atomic mass is 10.1. The molecule has 2 aromatic carbocycles. The second-order valence-electron chi connectivity index (χ2n) is 5.62. The van der Waals surface area contributed by atoms with E-state index in [0.717, 1.165) is 43.7 Å². The number of aryl methyl sites for hydroxylation is 1. The maximum Gasteiger partial charge on any atom is 0.219 e. The molecule has 0 spiro atoms. The molecule has 3 nitrogen and oxygen atoms in total. The van der Waals surface area contributed by atoms with E-state index in [2.05, 4.69) is 17.4 Å². The predicted molar refractivity (Wildman–Crippen MR) is 93.8 cm³/mol. The molecule has 0 aliphatic rings. The molecule has 0 saturated heterocycles. The van der Waals surface area contributed by atoms with Crippen LogP contribution in [0.1, 0.15) is 38.2 Å². The van der Waals surface area contributed by atoms with Crippen molar-refractivity contribution in [2.75, 3.05) is 6.54 Å². The zero-order valence-corrected chi connectivity index (χ0v) is 13.8. The smallest absolute Gasteiger partial charge is 0.219 e. The van der Waals surface area contributed by atoms with Crippen molar-refractivity contribution in [3.63, 3.8) is 0 Å². The lowest BCUT2D eigenvalue weighted by molar-refractivity contribution is -0.121. The number of nitrogens with one attached hydrogen (secondary N) is 1. The molecule has 2 aromatic rings. The van der Waals surface area contributed by atoms with Crippen molar-refractivity contribution >= 4 is 5.91 Å². The fraction of sp³-hybridized carbons (Fsp3) is 0.350. The fourth-order valence-corrected chi connectivity index (χ4v) is 2.39. The number of unbranched alkanes of at least 4 members (excludes halogenated alkanes) is 1. The maximum atomic E-state index is 11.4. The van der Waals surface area contributed by atoms with Crippen LogP contribution >= 0.6 is 0 Å². The van der Waals surface area contributed by atoms with Gasteiger partial charge in [0.2, 0.25) is 5.91 Å². The van der Waals surface area contributed by atoms with Gasteiger partial charge in [-0.3, -0.25) is 4.79 Å². The Morgan fingerprint density at radius 3 is 2.57 bits per heavy atom. The van der Waals surface area contributed by atoms with Crippen LogP contribution in [0.4, 0.5) is 0 Å². The highest BCUT2D eigenvalue weighted by molar-refractivity contribution is 5.75. The van der Waals surface area contributed by atoms with Gasteiger partial charge in [-0.05, 0) is 55.5 Å². The monoisotopic (exact) mass is 311 g/mol. The molecule has 1 amide bonds. The number of hydrogen-bond donors (Lipinski definition) is 1. The van der Waals surface area contributed by atoms with Crippen LogP contribution in [0.15, 0.2) is 54.6 Å². The highest BCUT2D eigenvalue weighted by Crippen LogP contribution is 2.22. The van der Waals surface area contributed by atoms with Crippen LogP contribution in [0.25, 0.3) is 0 Å². The Kier molecular flexibility index (Phi) is 7.18. The van der Waals surface area contributed by atoms with E-state index in [1.54, 1.807) is 0 Å². The lowest BCUT2D eigenvalue weighted by Gasteiger charge is -2.08. The number of hydrogen-bond acceptors (Lipinski definition) is 2. The third kappa shape index (κ3) is 6.55. The van der Waals surface area contributed by atoms with Crippen molar-refractivity contribution in [3.8, 4) is 11.5 Å². The van der Waals surface area contributed by atoms with E-state index in [1.165, 1.54) is 5.56 Å². The first-order valence-electron chi connectivity index (χ1n) is 8.36. The summed E-state index contributed by atoms with van der Waals surface area (Å²) in [5, 5.41) is 2.95. The molecule has 0 fully saturated rings. The van der Waals surface area contributed by atoms with Crippen LogP contribution in [-0.2, 0) is 11.2 Å². The van der Waals surface area contributed by atoms with Crippen LogP contribution in [0.5, 0.6) is 11.5 Å². The van der Waals surface area contributed by atoms with E-state index in [-0.39, 0.29) is 5.91 Å². The standard InChI is InChI=1S/C20H25NO2/c1-2-9-20(22)21-15-7-6-10-17-11-8-14-19(16-17)23-18-12-4-3-5-13-18/h3-5,8,11-14,16H,2,6-7,9-10,15H2,1H3,(H,21,22). The molecule has 0 radical (unpaired) electrons. The van der Waals surface area contributed by atoms with Gasteiger partial charge in [0.05, 0.1) is 0 Å². The summed E-state index contributed by atoms with van der Waals surface area (Å²) in [7, 11) is 0. The van der Waals surface area contributed by atoms with Gasteiger partial charge in [0.25, 0.3) is 0 Å². The van der Waals surface area contributed by atoms with Crippen LogP contribution in [0, 0.1) is 0 Å². The number of rotatable bonds is 9. The number of carbonyl (C=O) groups excluding carboxylic acids is 1. The molecule has 23 heavy (non-hydrogen) atoms. The summed E-state index contributed by atoms with van der Waals surface area (Å²) in [6.07, 6.45) is 4.58. The van der Waals surface area contributed by atoms with Gasteiger partial charge in [-0.2, -0.15) is 0 Å². The van der Waals surface area contributed by atoms with Gasteiger partial charge in [-0.25, -0.2) is 0 Å².